The number of fused-ring (bicyclic) bond motifs is 1. The Kier molecular flexibility index (Phi) is 5.84. The molecule has 0 saturated heterocycles. The van der Waals surface area contributed by atoms with Crippen molar-refractivity contribution in [3.8, 4) is 0 Å². The van der Waals surface area contributed by atoms with Crippen molar-refractivity contribution in [1.82, 2.24) is 4.98 Å². The number of hydrogen-bond acceptors (Lipinski definition) is 3. The monoisotopic (exact) mass is 384 g/mol. The Balaban J connectivity index is 1.81. The molecule has 5 heteroatoms. The summed E-state index contributed by atoms with van der Waals surface area (Å²) in [7, 11) is 0. The summed E-state index contributed by atoms with van der Waals surface area (Å²) in [4.78, 5) is 17.5. The van der Waals surface area contributed by atoms with E-state index in [1.54, 1.807) is 6.07 Å². The molecule has 0 radical (unpaired) electrons. The van der Waals surface area contributed by atoms with Crippen LogP contribution in [0.5, 0.6) is 0 Å². The van der Waals surface area contributed by atoms with E-state index in [4.69, 9.17) is 16.6 Å². The van der Waals surface area contributed by atoms with E-state index in [-0.39, 0.29) is 11.2 Å². The molecule has 1 heterocycles. The molecule has 1 aromatic heterocycles. The van der Waals surface area contributed by atoms with Gasteiger partial charge in [-0.05, 0) is 55.7 Å². The van der Waals surface area contributed by atoms with Crippen molar-refractivity contribution in [3.05, 3.63) is 64.7 Å². The van der Waals surface area contributed by atoms with Crippen LogP contribution in [0.1, 0.15) is 24.5 Å². The fourth-order valence-electron chi connectivity index (χ4n) is 2.79. The minimum Gasteiger partial charge on any atom is -0.325 e. The largest absolute Gasteiger partial charge is 0.325 e. The van der Waals surface area contributed by atoms with Crippen molar-refractivity contribution in [2.45, 2.75) is 37.5 Å². The Morgan fingerprint density at radius 3 is 2.69 bits per heavy atom. The van der Waals surface area contributed by atoms with Gasteiger partial charge >= 0.3 is 0 Å². The number of carbonyl (C=O) groups is 1. The number of benzene rings is 2. The summed E-state index contributed by atoms with van der Waals surface area (Å²) in [6.45, 7) is 6.04. The zero-order valence-corrected chi connectivity index (χ0v) is 16.6. The zero-order chi connectivity index (χ0) is 18.7. The average molecular weight is 385 g/mol. The number of thioether (sulfide) groups is 1. The lowest BCUT2D eigenvalue weighted by atomic mass is 10.1. The van der Waals surface area contributed by atoms with Gasteiger partial charge in [-0.2, -0.15) is 0 Å². The van der Waals surface area contributed by atoms with Crippen LogP contribution in [0.2, 0.25) is 5.02 Å². The summed E-state index contributed by atoms with van der Waals surface area (Å²) < 4.78 is 0. The van der Waals surface area contributed by atoms with Gasteiger partial charge in [-0.3, -0.25) is 4.79 Å². The lowest BCUT2D eigenvalue weighted by molar-refractivity contribution is -0.115. The molecule has 0 aliphatic rings. The number of halogens is 1. The fourth-order valence-corrected chi connectivity index (χ4v) is 3.98. The van der Waals surface area contributed by atoms with E-state index in [1.807, 2.05) is 50.2 Å². The number of pyridine rings is 1. The van der Waals surface area contributed by atoms with E-state index in [2.05, 4.69) is 18.3 Å². The zero-order valence-electron chi connectivity index (χ0n) is 15.0. The first kappa shape index (κ1) is 18.7. The number of nitrogens with zero attached hydrogens (tertiary/aromatic N) is 1. The first-order valence-electron chi connectivity index (χ1n) is 8.58. The van der Waals surface area contributed by atoms with E-state index in [0.29, 0.717) is 11.4 Å². The number of nitrogens with one attached hydrogen (secondary N) is 1. The maximum absolute atomic E-state index is 12.8. The van der Waals surface area contributed by atoms with Crippen molar-refractivity contribution in [2.75, 3.05) is 5.32 Å². The van der Waals surface area contributed by atoms with E-state index in [1.165, 1.54) is 17.3 Å². The third-order valence-corrected chi connectivity index (χ3v) is 5.80. The Bertz CT molecular complexity index is 958. The van der Waals surface area contributed by atoms with Crippen LogP contribution >= 0.6 is 23.4 Å². The first-order valence-corrected chi connectivity index (χ1v) is 9.83. The predicted molar refractivity (Wildman–Crippen MR) is 111 cm³/mol. The van der Waals surface area contributed by atoms with Gasteiger partial charge in [-0.25, -0.2) is 4.98 Å². The second kappa shape index (κ2) is 8.11. The molecule has 26 heavy (non-hydrogen) atoms. The van der Waals surface area contributed by atoms with Gasteiger partial charge in [0.25, 0.3) is 0 Å². The number of para-hydroxylation sites is 1. The summed E-state index contributed by atoms with van der Waals surface area (Å²) >= 11 is 7.55. The van der Waals surface area contributed by atoms with Gasteiger partial charge in [0, 0.05) is 16.1 Å². The number of rotatable bonds is 5. The molecule has 2 aromatic carbocycles. The number of aryl methyl sites for hydroxylation is 2. The molecule has 0 bridgehead atoms. The van der Waals surface area contributed by atoms with Crippen molar-refractivity contribution in [2.24, 2.45) is 0 Å². The second-order valence-corrected chi connectivity index (χ2v) is 7.92. The number of hydrogen-bond donors (Lipinski definition) is 1. The molecular weight excluding hydrogens is 364 g/mol. The molecule has 0 aliphatic carbocycles. The molecule has 134 valence electrons. The third kappa shape index (κ3) is 4.19. The highest BCUT2D eigenvalue weighted by Gasteiger charge is 2.20. The first-order chi connectivity index (χ1) is 12.5. The van der Waals surface area contributed by atoms with Crippen molar-refractivity contribution >= 4 is 45.9 Å². The van der Waals surface area contributed by atoms with Crippen LogP contribution < -0.4 is 5.32 Å². The van der Waals surface area contributed by atoms with Gasteiger partial charge in [0.05, 0.1) is 15.8 Å². The summed E-state index contributed by atoms with van der Waals surface area (Å²) in [6.07, 6.45) is 0.712. The minimum atomic E-state index is -0.221. The molecule has 0 spiro atoms. The molecule has 1 amide bonds. The second-order valence-electron chi connectivity index (χ2n) is 6.26. The van der Waals surface area contributed by atoms with Crippen molar-refractivity contribution in [1.29, 1.82) is 0 Å². The van der Waals surface area contributed by atoms with Gasteiger partial charge in [-0.15, -0.1) is 0 Å². The topological polar surface area (TPSA) is 42.0 Å². The Labute approximate surface area is 163 Å². The highest BCUT2D eigenvalue weighted by atomic mass is 35.5. The van der Waals surface area contributed by atoms with E-state index >= 15 is 0 Å². The Morgan fingerprint density at radius 1 is 1.15 bits per heavy atom. The highest BCUT2D eigenvalue weighted by Crippen LogP contribution is 2.29. The molecule has 3 rings (SSSR count). The number of aromatic nitrogens is 1. The molecule has 1 unspecified atom stereocenters. The quantitative estimate of drug-likeness (QED) is 0.547. The molecule has 0 fully saturated rings. The third-order valence-electron chi connectivity index (χ3n) is 4.28. The number of anilines is 1. The van der Waals surface area contributed by atoms with Crippen LogP contribution in [-0.2, 0) is 4.79 Å². The number of carbonyl (C=O) groups excluding carboxylic acids is 1. The van der Waals surface area contributed by atoms with Crippen molar-refractivity contribution < 1.29 is 4.79 Å². The SMILES string of the molecule is CCC(Sc1cc(C)c2ccccc2n1)C(=O)Nc1cc(Cl)ccc1C. The normalized spacial score (nSPS) is 12.2. The smallest absolute Gasteiger partial charge is 0.237 e. The standard InChI is InChI=1S/C21H21ClN2OS/c1-4-19(21(25)24-18-12-15(22)10-9-13(18)2)26-20-11-14(3)16-7-5-6-8-17(16)23-20/h5-12,19H,4H2,1-3H3,(H,24,25). The summed E-state index contributed by atoms with van der Waals surface area (Å²) in [5, 5.41) is 5.40. The molecule has 0 aliphatic heterocycles. The maximum atomic E-state index is 12.8. The van der Waals surface area contributed by atoms with E-state index in [0.717, 1.165) is 27.2 Å². The van der Waals surface area contributed by atoms with Crippen LogP contribution in [-0.4, -0.2) is 16.1 Å². The Morgan fingerprint density at radius 2 is 1.92 bits per heavy atom. The van der Waals surface area contributed by atoms with Crippen LogP contribution in [0.25, 0.3) is 10.9 Å². The van der Waals surface area contributed by atoms with Crippen molar-refractivity contribution in [3.63, 3.8) is 0 Å². The summed E-state index contributed by atoms with van der Waals surface area (Å²) in [6, 6.07) is 15.6. The fraction of sp³-hybridized carbons (Fsp3) is 0.238. The molecular formula is C21H21ClN2OS. The van der Waals surface area contributed by atoms with Crippen LogP contribution in [0.3, 0.4) is 0 Å². The Hall–Kier alpha value is -2.04. The van der Waals surface area contributed by atoms with Gasteiger partial charge in [0.15, 0.2) is 0 Å². The molecule has 3 nitrogen and oxygen atoms in total. The summed E-state index contributed by atoms with van der Waals surface area (Å²) in [5.41, 5.74) is 3.86. The van der Waals surface area contributed by atoms with E-state index < -0.39 is 0 Å². The van der Waals surface area contributed by atoms with Gasteiger partial charge in [-0.1, -0.05) is 54.6 Å². The highest BCUT2D eigenvalue weighted by molar-refractivity contribution is 8.00. The lowest BCUT2D eigenvalue weighted by Gasteiger charge is -2.16. The molecule has 1 atom stereocenters. The predicted octanol–water partition coefficient (Wildman–Crippen LogP) is 6.01. The van der Waals surface area contributed by atoms with Crippen LogP contribution in [0.4, 0.5) is 5.69 Å². The van der Waals surface area contributed by atoms with Gasteiger partial charge < -0.3 is 5.32 Å². The average Bonchev–Trinajstić information content (AvgIpc) is 2.62. The van der Waals surface area contributed by atoms with Gasteiger partial charge in [0.1, 0.15) is 0 Å². The van der Waals surface area contributed by atoms with Crippen LogP contribution in [0, 0.1) is 13.8 Å². The lowest BCUT2D eigenvalue weighted by Crippen LogP contribution is -2.25. The molecule has 3 aromatic rings. The number of amides is 1. The summed E-state index contributed by atoms with van der Waals surface area (Å²) in [5.74, 6) is -0.0320. The van der Waals surface area contributed by atoms with Crippen LogP contribution in [0.15, 0.2) is 53.6 Å². The molecule has 1 N–H and O–H groups in total. The molecule has 0 saturated carbocycles. The minimum absolute atomic E-state index is 0.0320. The maximum Gasteiger partial charge on any atom is 0.237 e. The van der Waals surface area contributed by atoms with Gasteiger partial charge in [0.2, 0.25) is 5.91 Å². The van der Waals surface area contributed by atoms with E-state index in [9.17, 15) is 4.79 Å².